The van der Waals surface area contributed by atoms with E-state index >= 15 is 0 Å². The first-order valence-corrected chi connectivity index (χ1v) is 7.84. The lowest BCUT2D eigenvalue weighted by Crippen LogP contribution is -2.37. The second-order valence-corrected chi connectivity index (χ2v) is 5.77. The number of benzene rings is 1. The van der Waals surface area contributed by atoms with Gasteiger partial charge in [-0.3, -0.25) is 14.2 Å². The van der Waals surface area contributed by atoms with Crippen molar-refractivity contribution in [2.24, 2.45) is 0 Å². The third kappa shape index (κ3) is 3.21. The van der Waals surface area contributed by atoms with Crippen LogP contribution in [0.25, 0.3) is 16.9 Å². The highest BCUT2D eigenvalue weighted by atomic mass is 16.5. The third-order valence-electron chi connectivity index (χ3n) is 3.58. The van der Waals surface area contributed by atoms with Gasteiger partial charge in [-0.15, -0.1) is 0 Å². The van der Waals surface area contributed by atoms with E-state index in [1.165, 1.54) is 4.57 Å². The zero-order valence-corrected chi connectivity index (χ0v) is 14.2. The minimum Gasteiger partial charge on any atom is -0.497 e. The molecule has 128 valence electrons. The molecule has 0 saturated heterocycles. The van der Waals surface area contributed by atoms with E-state index in [1.54, 1.807) is 49.7 Å². The van der Waals surface area contributed by atoms with Gasteiger partial charge in [0, 0.05) is 12.2 Å². The monoisotopic (exact) mass is 338 g/mol. The van der Waals surface area contributed by atoms with Crippen molar-refractivity contribution in [3.8, 4) is 11.4 Å². The van der Waals surface area contributed by atoms with E-state index in [1.807, 2.05) is 13.8 Å². The lowest BCUT2D eigenvalue weighted by Gasteiger charge is -2.13. The number of nitrogens with one attached hydrogen (secondary N) is 1. The highest BCUT2D eigenvalue weighted by Crippen LogP contribution is 2.17. The SMILES string of the molecule is COc1ccc(-n2c(=O)c(C(=O)NC(C)C)nc3cccnc32)cc1. The highest BCUT2D eigenvalue weighted by Gasteiger charge is 2.19. The van der Waals surface area contributed by atoms with E-state index in [2.05, 4.69) is 15.3 Å². The van der Waals surface area contributed by atoms with Gasteiger partial charge < -0.3 is 10.1 Å². The van der Waals surface area contributed by atoms with E-state index < -0.39 is 11.5 Å². The van der Waals surface area contributed by atoms with Gasteiger partial charge in [-0.05, 0) is 50.2 Å². The molecule has 1 aromatic carbocycles. The Hall–Kier alpha value is -3.22. The van der Waals surface area contributed by atoms with Crippen molar-refractivity contribution < 1.29 is 9.53 Å². The van der Waals surface area contributed by atoms with Crippen molar-refractivity contribution in [3.63, 3.8) is 0 Å². The second kappa shape index (κ2) is 6.72. The molecule has 0 aliphatic carbocycles. The van der Waals surface area contributed by atoms with Crippen LogP contribution in [0.15, 0.2) is 47.4 Å². The Morgan fingerprint density at radius 3 is 2.56 bits per heavy atom. The first-order chi connectivity index (χ1) is 12.0. The number of ether oxygens (including phenoxy) is 1. The quantitative estimate of drug-likeness (QED) is 0.785. The van der Waals surface area contributed by atoms with Gasteiger partial charge in [0.25, 0.3) is 11.5 Å². The summed E-state index contributed by atoms with van der Waals surface area (Å²) in [4.78, 5) is 33.8. The maximum Gasteiger partial charge on any atom is 0.288 e. The number of aromatic nitrogens is 3. The Morgan fingerprint density at radius 1 is 1.20 bits per heavy atom. The van der Waals surface area contributed by atoms with Crippen molar-refractivity contribution in [2.45, 2.75) is 19.9 Å². The molecule has 2 heterocycles. The van der Waals surface area contributed by atoms with Gasteiger partial charge in [0.1, 0.15) is 11.3 Å². The Labute approximate surface area is 144 Å². The summed E-state index contributed by atoms with van der Waals surface area (Å²) in [5.41, 5.74) is 0.751. The van der Waals surface area contributed by atoms with Crippen LogP contribution >= 0.6 is 0 Å². The van der Waals surface area contributed by atoms with E-state index in [4.69, 9.17) is 4.74 Å². The number of hydrogen-bond donors (Lipinski definition) is 1. The molecule has 0 saturated carbocycles. The summed E-state index contributed by atoms with van der Waals surface area (Å²) in [6, 6.07) is 10.3. The van der Waals surface area contributed by atoms with Crippen molar-refractivity contribution >= 4 is 17.1 Å². The zero-order valence-electron chi connectivity index (χ0n) is 14.2. The number of fused-ring (bicyclic) bond motifs is 1. The largest absolute Gasteiger partial charge is 0.497 e. The van der Waals surface area contributed by atoms with Crippen LogP contribution in [0.4, 0.5) is 0 Å². The smallest absolute Gasteiger partial charge is 0.288 e. The number of carbonyl (C=O) groups is 1. The molecule has 0 unspecified atom stereocenters. The molecule has 0 bridgehead atoms. The Bertz CT molecular complexity index is 978. The second-order valence-electron chi connectivity index (χ2n) is 5.77. The Kier molecular flexibility index (Phi) is 4.47. The number of hydrogen-bond acceptors (Lipinski definition) is 5. The van der Waals surface area contributed by atoms with Crippen LogP contribution in [0.5, 0.6) is 5.75 Å². The summed E-state index contributed by atoms with van der Waals surface area (Å²) in [5, 5.41) is 2.71. The minimum absolute atomic E-state index is 0.104. The van der Waals surface area contributed by atoms with Crippen molar-refractivity contribution in [1.82, 2.24) is 19.9 Å². The highest BCUT2D eigenvalue weighted by molar-refractivity contribution is 5.93. The summed E-state index contributed by atoms with van der Waals surface area (Å²) in [7, 11) is 1.57. The summed E-state index contributed by atoms with van der Waals surface area (Å²) in [5.74, 6) is 0.161. The van der Waals surface area contributed by atoms with E-state index in [9.17, 15) is 9.59 Å². The number of methoxy groups -OCH3 is 1. The molecule has 0 fully saturated rings. The summed E-state index contributed by atoms with van der Waals surface area (Å²) in [6.45, 7) is 3.64. The number of nitrogens with zero attached hydrogens (tertiary/aromatic N) is 3. The van der Waals surface area contributed by atoms with Gasteiger partial charge in [-0.2, -0.15) is 0 Å². The molecular weight excluding hydrogens is 320 g/mol. The standard InChI is InChI=1S/C18H18N4O3/c1-11(2)20-17(23)15-18(24)22(12-6-8-13(25-3)9-7-12)16-14(21-15)5-4-10-19-16/h4-11H,1-3H3,(H,20,23). The molecule has 2 aromatic heterocycles. The topological polar surface area (TPSA) is 86.1 Å². The molecule has 1 amide bonds. The molecule has 25 heavy (non-hydrogen) atoms. The minimum atomic E-state index is -0.519. The van der Waals surface area contributed by atoms with Crippen LogP contribution in [-0.2, 0) is 0 Å². The molecule has 7 nitrogen and oxygen atoms in total. The lowest BCUT2D eigenvalue weighted by molar-refractivity contribution is 0.0936. The average Bonchev–Trinajstić information content (AvgIpc) is 2.61. The van der Waals surface area contributed by atoms with Crippen LogP contribution in [0.3, 0.4) is 0 Å². The summed E-state index contributed by atoms with van der Waals surface area (Å²) in [6.07, 6.45) is 1.58. The summed E-state index contributed by atoms with van der Waals surface area (Å²) < 4.78 is 6.53. The lowest BCUT2D eigenvalue weighted by atomic mass is 10.2. The molecule has 1 N–H and O–H groups in total. The Morgan fingerprint density at radius 2 is 1.92 bits per heavy atom. The van der Waals surface area contributed by atoms with Crippen molar-refractivity contribution in [3.05, 3.63) is 58.6 Å². The van der Waals surface area contributed by atoms with Crippen LogP contribution in [-0.4, -0.2) is 33.6 Å². The Balaban J connectivity index is 2.26. The molecule has 0 aliphatic heterocycles. The van der Waals surface area contributed by atoms with Gasteiger partial charge in [-0.1, -0.05) is 0 Å². The number of amides is 1. The van der Waals surface area contributed by atoms with Crippen molar-refractivity contribution in [2.75, 3.05) is 7.11 Å². The van der Waals surface area contributed by atoms with Gasteiger partial charge >= 0.3 is 0 Å². The third-order valence-corrected chi connectivity index (χ3v) is 3.58. The first-order valence-electron chi connectivity index (χ1n) is 7.84. The number of rotatable bonds is 4. The zero-order chi connectivity index (χ0) is 18.0. The summed E-state index contributed by atoms with van der Waals surface area (Å²) >= 11 is 0. The molecule has 0 aliphatic rings. The number of carbonyl (C=O) groups excluding carboxylic acids is 1. The fraction of sp³-hybridized carbons (Fsp3) is 0.222. The van der Waals surface area contributed by atoms with Gasteiger partial charge in [-0.25, -0.2) is 9.97 Å². The normalized spacial score (nSPS) is 10.9. The molecular formula is C18H18N4O3. The maximum atomic E-state index is 12.9. The molecule has 0 atom stereocenters. The van der Waals surface area contributed by atoms with Crippen LogP contribution < -0.4 is 15.6 Å². The predicted molar refractivity (Wildman–Crippen MR) is 94.3 cm³/mol. The van der Waals surface area contributed by atoms with E-state index in [0.717, 1.165) is 0 Å². The maximum absolute atomic E-state index is 12.9. The fourth-order valence-corrected chi connectivity index (χ4v) is 2.47. The molecule has 3 rings (SSSR count). The van der Waals surface area contributed by atoms with E-state index in [-0.39, 0.29) is 11.7 Å². The predicted octanol–water partition coefficient (Wildman–Crippen LogP) is 1.93. The molecule has 7 heteroatoms. The van der Waals surface area contributed by atoms with Crippen LogP contribution in [0.2, 0.25) is 0 Å². The van der Waals surface area contributed by atoms with Gasteiger partial charge in [0.05, 0.1) is 12.8 Å². The van der Waals surface area contributed by atoms with Crippen LogP contribution in [0, 0.1) is 0 Å². The average molecular weight is 338 g/mol. The van der Waals surface area contributed by atoms with E-state index in [0.29, 0.717) is 22.6 Å². The fourth-order valence-electron chi connectivity index (χ4n) is 2.47. The molecule has 0 spiro atoms. The van der Waals surface area contributed by atoms with Gasteiger partial charge in [0.2, 0.25) is 0 Å². The number of pyridine rings is 1. The molecule has 0 radical (unpaired) electrons. The van der Waals surface area contributed by atoms with Crippen LogP contribution in [0.1, 0.15) is 24.3 Å². The molecule has 3 aromatic rings. The van der Waals surface area contributed by atoms with Crippen molar-refractivity contribution in [1.29, 1.82) is 0 Å². The van der Waals surface area contributed by atoms with Gasteiger partial charge in [0.15, 0.2) is 11.3 Å². The first kappa shape index (κ1) is 16.6.